The first kappa shape index (κ1) is 11.0. The van der Waals surface area contributed by atoms with Crippen molar-refractivity contribution in [3.8, 4) is 11.8 Å². The minimum Gasteiger partial charge on any atom is -0.472 e. The summed E-state index contributed by atoms with van der Waals surface area (Å²) in [4.78, 5) is 10.0. The van der Waals surface area contributed by atoms with Crippen LogP contribution in [0, 0.1) is 17.8 Å². The predicted octanol–water partition coefficient (Wildman–Crippen LogP) is 2.29. The molecule has 68 valence electrons. The Morgan fingerprint density at radius 1 is 1.58 bits per heavy atom. The van der Waals surface area contributed by atoms with E-state index in [1.165, 1.54) is 12.8 Å². The standard InChI is InChI=1S/C10H16O2/c1-3-4-6-9(2)7-5-8-10(11)12/h9H,3-4,6-7H2,1-2H3,(H,11,12). The fourth-order valence-electron chi connectivity index (χ4n) is 0.956. The molecule has 0 aromatic heterocycles. The summed E-state index contributed by atoms with van der Waals surface area (Å²) in [6, 6.07) is 0. The van der Waals surface area contributed by atoms with Crippen LogP contribution in [0.4, 0.5) is 0 Å². The Labute approximate surface area is 74.0 Å². The van der Waals surface area contributed by atoms with Crippen LogP contribution in [0.5, 0.6) is 0 Å². The lowest BCUT2D eigenvalue weighted by molar-refractivity contribution is -0.130. The van der Waals surface area contributed by atoms with Gasteiger partial charge in [-0.3, -0.25) is 0 Å². The third-order valence-electron chi connectivity index (χ3n) is 1.70. The van der Waals surface area contributed by atoms with E-state index in [0.29, 0.717) is 12.3 Å². The van der Waals surface area contributed by atoms with Gasteiger partial charge in [-0.25, -0.2) is 4.79 Å². The van der Waals surface area contributed by atoms with Gasteiger partial charge in [0.25, 0.3) is 0 Å². The molecule has 0 aromatic rings. The molecule has 2 nitrogen and oxygen atoms in total. The van der Waals surface area contributed by atoms with Crippen LogP contribution in [0.3, 0.4) is 0 Å². The fraction of sp³-hybridized carbons (Fsp3) is 0.700. The van der Waals surface area contributed by atoms with Gasteiger partial charge in [-0.05, 0) is 12.3 Å². The molecular formula is C10H16O2. The number of rotatable bonds is 4. The second-order valence-electron chi connectivity index (χ2n) is 3.06. The smallest absolute Gasteiger partial charge is 0.381 e. The van der Waals surface area contributed by atoms with Crippen LogP contribution in [0.1, 0.15) is 39.5 Å². The van der Waals surface area contributed by atoms with Crippen LogP contribution in [0.2, 0.25) is 0 Å². The maximum Gasteiger partial charge on any atom is 0.381 e. The van der Waals surface area contributed by atoms with E-state index in [4.69, 9.17) is 5.11 Å². The second-order valence-corrected chi connectivity index (χ2v) is 3.06. The highest BCUT2D eigenvalue weighted by Crippen LogP contribution is 2.10. The van der Waals surface area contributed by atoms with Gasteiger partial charge in [0.2, 0.25) is 0 Å². The van der Waals surface area contributed by atoms with Gasteiger partial charge < -0.3 is 5.11 Å². The molecule has 0 rings (SSSR count). The van der Waals surface area contributed by atoms with Crippen molar-refractivity contribution in [3.63, 3.8) is 0 Å². The van der Waals surface area contributed by atoms with Gasteiger partial charge in [-0.1, -0.05) is 32.6 Å². The normalized spacial score (nSPS) is 11.5. The summed E-state index contributed by atoms with van der Waals surface area (Å²) in [6.07, 6.45) is 4.24. The van der Waals surface area contributed by atoms with Gasteiger partial charge in [0.1, 0.15) is 0 Å². The van der Waals surface area contributed by atoms with Crippen LogP contribution < -0.4 is 0 Å². The highest BCUT2D eigenvalue weighted by molar-refractivity contribution is 5.86. The van der Waals surface area contributed by atoms with E-state index in [9.17, 15) is 4.79 Å². The summed E-state index contributed by atoms with van der Waals surface area (Å²) in [7, 11) is 0. The number of unbranched alkanes of at least 4 members (excludes halogenated alkanes) is 1. The molecule has 1 atom stereocenters. The number of carboxylic acid groups (broad SMARTS) is 1. The van der Waals surface area contributed by atoms with Crippen molar-refractivity contribution in [2.24, 2.45) is 5.92 Å². The maximum absolute atomic E-state index is 10.0. The van der Waals surface area contributed by atoms with Crippen LogP contribution in [-0.2, 0) is 4.79 Å². The van der Waals surface area contributed by atoms with Crippen molar-refractivity contribution in [2.45, 2.75) is 39.5 Å². The SMILES string of the molecule is CCCCC(C)CC#CC(=O)O. The van der Waals surface area contributed by atoms with Crippen LogP contribution in [0.15, 0.2) is 0 Å². The lowest BCUT2D eigenvalue weighted by Crippen LogP contribution is -1.93. The van der Waals surface area contributed by atoms with E-state index in [1.807, 2.05) is 0 Å². The van der Waals surface area contributed by atoms with Crippen molar-refractivity contribution >= 4 is 5.97 Å². The number of aliphatic carboxylic acids is 1. The van der Waals surface area contributed by atoms with Gasteiger partial charge in [-0.15, -0.1) is 0 Å². The highest BCUT2D eigenvalue weighted by atomic mass is 16.4. The third-order valence-corrected chi connectivity index (χ3v) is 1.70. The summed E-state index contributed by atoms with van der Waals surface area (Å²) in [6.45, 7) is 4.25. The molecule has 2 heteroatoms. The first-order valence-electron chi connectivity index (χ1n) is 4.38. The molecule has 0 saturated heterocycles. The molecule has 0 aliphatic heterocycles. The Kier molecular flexibility index (Phi) is 6.18. The Morgan fingerprint density at radius 3 is 2.75 bits per heavy atom. The molecule has 12 heavy (non-hydrogen) atoms. The molecule has 1 N–H and O–H groups in total. The Hall–Kier alpha value is -0.970. The van der Waals surface area contributed by atoms with Crippen molar-refractivity contribution < 1.29 is 9.90 Å². The zero-order valence-corrected chi connectivity index (χ0v) is 7.76. The number of carboxylic acids is 1. The molecule has 0 radical (unpaired) electrons. The Bertz CT molecular complexity index is 186. The molecule has 0 fully saturated rings. The Balaban J connectivity index is 3.51. The zero-order chi connectivity index (χ0) is 9.40. The lowest BCUT2D eigenvalue weighted by atomic mass is 10.0. The monoisotopic (exact) mass is 168 g/mol. The van der Waals surface area contributed by atoms with Crippen LogP contribution in [0.25, 0.3) is 0 Å². The zero-order valence-electron chi connectivity index (χ0n) is 7.76. The molecule has 0 amide bonds. The molecule has 1 unspecified atom stereocenters. The van der Waals surface area contributed by atoms with Crippen molar-refractivity contribution in [3.05, 3.63) is 0 Å². The van der Waals surface area contributed by atoms with Crippen LogP contribution in [-0.4, -0.2) is 11.1 Å². The van der Waals surface area contributed by atoms with Gasteiger partial charge in [0.15, 0.2) is 0 Å². The summed E-state index contributed by atoms with van der Waals surface area (Å²) < 4.78 is 0. The quantitative estimate of drug-likeness (QED) is 0.654. The van der Waals surface area contributed by atoms with Crippen molar-refractivity contribution in [1.29, 1.82) is 0 Å². The number of carbonyl (C=O) groups is 1. The summed E-state index contributed by atoms with van der Waals surface area (Å²) in [5, 5.41) is 8.23. The molecule has 0 aliphatic rings. The van der Waals surface area contributed by atoms with Gasteiger partial charge >= 0.3 is 5.97 Å². The van der Waals surface area contributed by atoms with E-state index >= 15 is 0 Å². The van der Waals surface area contributed by atoms with E-state index < -0.39 is 5.97 Å². The van der Waals surface area contributed by atoms with Crippen molar-refractivity contribution in [1.82, 2.24) is 0 Å². The highest BCUT2D eigenvalue weighted by Gasteiger charge is 1.97. The largest absolute Gasteiger partial charge is 0.472 e. The number of hydrogen-bond acceptors (Lipinski definition) is 1. The summed E-state index contributed by atoms with van der Waals surface area (Å²) in [5.41, 5.74) is 0. The van der Waals surface area contributed by atoms with E-state index in [-0.39, 0.29) is 0 Å². The summed E-state index contributed by atoms with van der Waals surface area (Å²) >= 11 is 0. The first-order valence-corrected chi connectivity index (χ1v) is 4.38. The predicted molar refractivity (Wildman–Crippen MR) is 48.7 cm³/mol. The van der Waals surface area contributed by atoms with Crippen LogP contribution >= 0.6 is 0 Å². The lowest BCUT2D eigenvalue weighted by Gasteiger charge is -2.04. The minimum absolute atomic E-state index is 0.525. The first-order chi connectivity index (χ1) is 5.66. The minimum atomic E-state index is -1.03. The van der Waals surface area contributed by atoms with Crippen molar-refractivity contribution in [2.75, 3.05) is 0 Å². The fourth-order valence-corrected chi connectivity index (χ4v) is 0.956. The molecule has 0 saturated carbocycles. The Morgan fingerprint density at radius 2 is 2.25 bits per heavy atom. The van der Waals surface area contributed by atoms with Gasteiger partial charge in [0.05, 0.1) is 0 Å². The van der Waals surface area contributed by atoms with E-state index in [2.05, 4.69) is 25.7 Å². The third kappa shape index (κ3) is 7.14. The molecule has 0 spiro atoms. The van der Waals surface area contributed by atoms with E-state index in [1.54, 1.807) is 0 Å². The second kappa shape index (κ2) is 6.72. The van der Waals surface area contributed by atoms with Gasteiger partial charge in [0, 0.05) is 12.3 Å². The molecular weight excluding hydrogens is 152 g/mol. The number of hydrogen-bond donors (Lipinski definition) is 1. The summed E-state index contributed by atoms with van der Waals surface area (Å²) in [5.74, 6) is 4.26. The van der Waals surface area contributed by atoms with E-state index in [0.717, 1.165) is 6.42 Å². The van der Waals surface area contributed by atoms with Gasteiger partial charge in [-0.2, -0.15) is 0 Å². The molecule has 0 aromatic carbocycles. The average Bonchev–Trinajstić information content (AvgIpc) is 2.00. The molecule has 0 bridgehead atoms. The topological polar surface area (TPSA) is 37.3 Å². The molecule has 0 aliphatic carbocycles. The average molecular weight is 168 g/mol. The molecule has 0 heterocycles. The maximum atomic E-state index is 10.0.